The number of carbonyl (C=O) groups is 1. The van der Waals surface area contributed by atoms with Crippen LogP contribution in [0.25, 0.3) is 0 Å². The van der Waals surface area contributed by atoms with Gasteiger partial charge < -0.3 is 10.1 Å². The summed E-state index contributed by atoms with van der Waals surface area (Å²) in [6.07, 6.45) is 1.46. The van der Waals surface area contributed by atoms with Gasteiger partial charge >= 0.3 is 0 Å². The number of hydrogen-bond acceptors (Lipinski definition) is 3. The third kappa shape index (κ3) is 3.79. The van der Waals surface area contributed by atoms with Crippen LogP contribution in [0.15, 0.2) is 24.3 Å². The lowest BCUT2D eigenvalue weighted by atomic mass is 9.80. The molecule has 1 saturated heterocycles. The van der Waals surface area contributed by atoms with Crippen molar-refractivity contribution in [2.45, 2.75) is 32.2 Å². The maximum atomic E-state index is 12.9. The van der Waals surface area contributed by atoms with Crippen molar-refractivity contribution in [1.82, 2.24) is 5.32 Å². The molecule has 1 aliphatic rings. The molecule has 1 fully saturated rings. The highest BCUT2D eigenvalue weighted by molar-refractivity contribution is 5.85. The fourth-order valence-corrected chi connectivity index (χ4v) is 2.50. The first-order valence-electron chi connectivity index (χ1n) is 7.10. The van der Waals surface area contributed by atoms with E-state index in [-0.39, 0.29) is 17.8 Å². The summed E-state index contributed by atoms with van der Waals surface area (Å²) in [5, 5.41) is 12.2. The molecule has 0 radical (unpaired) electrons. The van der Waals surface area contributed by atoms with Crippen molar-refractivity contribution >= 4 is 5.91 Å². The maximum Gasteiger partial charge on any atom is 0.240 e. The molecule has 5 heteroatoms. The van der Waals surface area contributed by atoms with Crippen molar-refractivity contribution in [2.75, 3.05) is 13.2 Å². The van der Waals surface area contributed by atoms with E-state index in [0.29, 0.717) is 32.5 Å². The highest BCUT2D eigenvalue weighted by Gasteiger charge is 2.40. The number of nitrogens with zero attached hydrogens (tertiary/aromatic N) is 1. The van der Waals surface area contributed by atoms with Crippen molar-refractivity contribution in [3.8, 4) is 6.07 Å². The van der Waals surface area contributed by atoms with E-state index in [0.717, 1.165) is 5.56 Å². The third-order valence-corrected chi connectivity index (χ3v) is 3.83. The molecule has 1 aliphatic heterocycles. The Hall–Kier alpha value is -1.93. The van der Waals surface area contributed by atoms with Gasteiger partial charge in [0.05, 0.1) is 6.07 Å². The molecule has 1 N–H and O–H groups in total. The highest BCUT2D eigenvalue weighted by atomic mass is 19.1. The van der Waals surface area contributed by atoms with Crippen LogP contribution in [0.3, 0.4) is 0 Å². The van der Waals surface area contributed by atoms with Gasteiger partial charge in [-0.1, -0.05) is 12.1 Å². The Morgan fingerprint density at radius 2 is 2.05 bits per heavy atom. The first-order valence-corrected chi connectivity index (χ1v) is 7.10. The molecule has 1 atom stereocenters. The van der Waals surface area contributed by atoms with Crippen LogP contribution in [0.1, 0.15) is 25.3 Å². The van der Waals surface area contributed by atoms with Gasteiger partial charge in [-0.15, -0.1) is 0 Å². The summed E-state index contributed by atoms with van der Waals surface area (Å²) in [6.45, 7) is 2.76. The molecule has 1 unspecified atom stereocenters. The van der Waals surface area contributed by atoms with Crippen LogP contribution in [-0.2, 0) is 16.0 Å². The first-order chi connectivity index (χ1) is 10.1. The maximum absolute atomic E-state index is 12.9. The number of halogens is 1. The number of ether oxygens (including phenoxy) is 1. The zero-order valence-corrected chi connectivity index (χ0v) is 12.1. The first kappa shape index (κ1) is 15.5. The molecule has 0 aromatic heterocycles. The van der Waals surface area contributed by atoms with E-state index in [1.807, 2.05) is 6.92 Å². The second-order valence-corrected chi connectivity index (χ2v) is 5.51. The molecule has 112 valence electrons. The van der Waals surface area contributed by atoms with Crippen LogP contribution in [0.4, 0.5) is 4.39 Å². The van der Waals surface area contributed by atoms with Crippen LogP contribution in [0.5, 0.6) is 0 Å². The number of nitriles is 1. The Morgan fingerprint density at radius 1 is 1.43 bits per heavy atom. The Bertz CT molecular complexity index is 530. The van der Waals surface area contributed by atoms with E-state index in [9.17, 15) is 14.4 Å². The summed E-state index contributed by atoms with van der Waals surface area (Å²) in [4.78, 5) is 12.4. The number of carbonyl (C=O) groups excluding carboxylic acids is 1. The van der Waals surface area contributed by atoms with Crippen LogP contribution in [0.2, 0.25) is 0 Å². The van der Waals surface area contributed by atoms with Gasteiger partial charge in [-0.3, -0.25) is 4.79 Å². The summed E-state index contributed by atoms with van der Waals surface area (Å²) >= 11 is 0. The van der Waals surface area contributed by atoms with E-state index >= 15 is 0 Å². The molecule has 1 aromatic carbocycles. The number of rotatable bonds is 4. The lowest BCUT2D eigenvalue weighted by Gasteiger charge is -2.30. The number of hydrogen-bond donors (Lipinski definition) is 1. The Balaban J connectivity index is 1.95. The lowest BCUT2D eigenvalue weighted by molar-refractivity contribution is -0.133. The van der Waals surface area contributed by atoms with E-state index in [1.165, 1.54) is 12.1 Å². The fourth-order valence-electron chi connectivity index (χ4n) is 2.50. The number of amides is 1. The minimum absolute atomic E-state index is 0.115. The van der Waals surface area contributed by atoms with E-state index in [2.05, 4.69) is 11.4 Å². The lowest BCUT2D eigenvalue weighted by Crippen LogP contribution is -2.47. The van der Waals surface area contributed by atoms with E-state index in [4.69, 9.17) is 4.74 Å². The quantitative estimate of drug-likeness (QED) is 0.924. The molecule has 0 aliphatic carbocycles. The van der Waals surface area contributed by atoms with Gasteiger partial charge in [-0.05, 0) is 43.9 Å². The zero-order valence-electron chi connectivity index (χ0n) is 12.1. The molecule has 4 nitrogen and oxygen atoms in total. The predicted molar refractivity (Wildman–Crippen MR) is 75.8 cm³/mol. The second-order valence-electron chi connectivity index (χ2n) is 5.51. The molecular weight excluding hydrogens is 271 g/mol. The van der Waals surface area contributed by atoms with Gasteiger partial charge in [-0.2, -0.15) is 5.26 Å². The summed E-state index contributed by atoms with van der Waals surface area (Å²) in [7, 11) is 0. The van der Waals surface area contributed by atoms with Crippen molar-refractivity contribution in [1.29, 1.82) is 5.26 Å². The SMILES string of the molecule is CC(Cc1ccc(F)cc1)NC(=O)C1(C#N)CCOCC1. The molecule has 1 amide bonds. The van der Waals surface area contributed by atoms with E-state index < -0.39 is 5.41 Å². The summed E-state index contributed by atoms with van der Waals surface area (Å²) < 4.78 is 18.1. The predicted octanol–water partition coefficient (Wildman–Crippen LogP) is 2.19. The summed E-state index contributed by atoms with van der Waals surface area (Å²) in [5.41, 5.74) is -0.0304. The van der Waals surface area contributed by atoms with Crippen molar-refractivity contribution in [3.63, 3.8) is 0 Å². The third-order valence-electron chi connectivity index (χ3n) is 3.83. The van der Waals surface area contributed by atoms with Crippen LogP contribution in [-0.4, -0.2) is 25.2 Å². The molecule has 2 rings (SSSR count). The molecule has 1 heterocycles. The van der Waals surface area contributed by atoms with Gasteiger partial charge in [0.2, 0.25) is 5.91 Å². The van der Waals surface area contributed by atoms with Crippen LogP contribution < -0.4 is 5.32 Å². The molecular formula is C16H19FN2O2. The molecule has 0 saturated carbocycles. The summed E-state index contributed by atoms with van der Waals surface area (Å²) in [5.74, 6) is -0.510. The van der Waals surface area contributed by atoms with Crippen LogP contribution in [0, 0.1) is 22.6 Å². The second kappa shape index (κ2) is 6.68. The van der Waals surface area contributed by atoms with Gasteiger partial charge in [0.15, 0.2) is 0 Å². The Labute approximate surface area is 123 Å². The molecule has 0 spiro atoms. The topological polar surface area (TPSA) is 62.1 Å². The molecule has 1 aromatic rings. The largest absolute Gasteiger partial charge is 0.381 e. The number of nitrogens with one attached hydrogen (secondary N) is 1. The molecule has 0 bridgehead atoms. The van der Waals surface area contributed by atoms with Crippen molar-refractivity contribution < 1.29 is 13.9 Å². The van der Waals surface area contributed by atoms with Crippen molar-refractivity contribution in [3.05, 3.63) is 35.6 Å². The van der Waals surface area contributed by atoms with Crippen molar-refractivity contribution in [2.24, 2.45) is 5.41 Å². The Kier molecular flexibility index (Phi) is 4.92. The van der Waals surface area contributed by atoms with Gasteiger partial charge in [0.1, 0.15) is 11.2 Å². The van der Waals surface area contributed by atoms with Gasteiger partial charge in [0, 0.05) is 19.3 Å². The normalized spacial score (nSPS) is 18.5. The summed E-state index contributed by atoms with van der Waals surface area (Å²) in [6, 6.07) is 8.24. The standard InChI is InChI=1S/C16H19FN2O2/c1-12(10-13-2-4-14(17)5-3-13)19-15(20)16(11-18)6-8-21-9-7-16/h2-5,12H,6-10H2,1H3,(H,19,20). The monoisotopic (exact) mass is 290 g/mol. The minimum atomic E-state index is -0.977. The fraction of sp³-hybridized carbons (Fsp3) is 0.500. The minimum Gasteiger partial charge on any atom is -0.381 e. The zero-order chi connectivity index (χ0) is 15.3. The smallest absolute Gasteiger partial charge is 0.240 e. The number of benzene rings is 1. The van der Waals surface area contributed by atoms with Gasteiger partial charge in [0.25, 0.3) is 0 Å². The highest BCUT2D eigenvalue weighted by Crippen LogP contribution is 2.30. The molecule has 21 heavy (non-hydrogen) atoms. The van der Waals surface area contributed by atoms with Crippen LogP contribution >= 0.6 is 0 Å². The Morgan fingerprint density at radius 3 is 2.62 bits per heavy atom. The average molecular weight is 290 g/mol. The van der Waals surface area contributed by atoms with Gasteiger partial charge in [-0.25, -0.2) is 4.39 Å². The average Bonchev–Trinajstić information content (AvgIpc) is 2.50. The van der Waals surface area contributed by atoms with E-state index in [1.54, 1.807) is 12.1 Å².